The standard InChI is InChI=1S/C14H17N3O3S/c1-8(2)11(13(19)20-3)21-14-15-12(16-17-14)9-6-4-5-7-10(9)18/h4-8,11,18H,1-3H3,(H,15,16,17)/t11-/m0/s1. The molecule has 2 aromatic rings. The van der Waals surface area contributed by atoms with Crippen LogP contribution in [0.25, 0.3) is 11.4 Å². The van der Waals surface area contributed by atoms with Crippen LogP contribution in [-0.4, -0.2) is 38.6 Å². The SMILES string of the molecule is COC(=O)[C@@H](Sc1n[nH]c(-c2ccccc2O)n1)C(C)C. The summed E-state index contributed by atoms with van der Waals surface area (Å²) >= 11 is 1.24. The number of methoxy groups -OCH3 is 1. The summed E-state index contributed by atoms with van der Waals surface area (Å²) in [5, 5.41) is 16.7. The van der Waals surface area contributed by atoms with E-state index in [1.165, 1.54) is 18.9 Å². The molecule has 0 unspecified atom stereocenters. The van der Waals surface area contributed by atoms with Gasteiger partial charge < -0.3 is 9.84 Å². The van der Waals surface area contributed by atoms with E-state index in [-0.39, 0.29) is 22.9 Å². The van der Waals surface area contributed by atoms with Crippen molar-refractivity contribution in [3.63, 3.8) is 0 Å². The van der Waals surface area contributed by atoms with Crippen LogP contribution in [0.3, 0.4) is 0 Å². The van der Waals surface area contributed by atoms with Crippen molar-refractivity contribution < 1.29 is 14.6 Å². The molecule has 7 heteroatoms. The predicted octanol–water partition coefficient (Wildman–Crippen LogP) is 2.47. The maximum absolute atomic E-state index is 11.7. The van der Waals surface area contributed by atoms with Crippen LogP contribution in [-0.2, 0) is 9.53 Å². The number of para-hydroxylation sites is 1. The highest BCUT2D eigenvalue weighted by Crippen LogP contribution is 2.30. The van der Waals surface area contributed by atoms with Gasteiger partial charge in [-0.05, 0) is 18.1 Å². The number of H-pyrrole nitrogens is 1. The van der Waals surface area contributed by atoms with Crippen molar-refractivity contribution in [2.24, 2.45) is 5.92 Å². The molecule has 2 N–H and O–H groups in total. The molecule has 1 aromatic heterocycles. The van der Waals surface area contributed by atoms with Gasteiger partial charge in [-0.3, -0.25) is 9.89 Å². The Kier molecular flexibility index (Phi) is 4.85. The van der Waals surface area contributed by atoms with Gasteiger partial charge in [0.25, 0.3) is 0 Å². The Morgan fingerprint density at radius 2 is 2.10 bits per heavy atom. The van der Waals surface area contributed by atoms with Crippen LogP contribution in [0.4, 0.5) is 0 Å². The average molecular weight is 307 g/mol. The molecule has 0 radical (unpaired) electrons. The molecular formula is C14H17N3O3S. The molecule has 1 heterocycles. The third kappa shape index (κ3) is 3.55. The van der Waals surface area contributed by atoms with E-state index in [1.807, 2.05) is 13.8 Å². The van der Waals surface area contributed by atoms with Crippen molar-refractivity contribution in [1.82, 2.24) is 15.2 Å². The number of phenols is 1. The Hall–Kier alpha value is -2.02. The Balaban J connectivity index is 2.20. The highest BCUT2D eigenvalue weighted by atomic mass is 32.2. The molecular weight excluding hydrogens is 290 g/mol. The van der Waals surface area contributed by atoms with Gasteiger partial charge in [0, 0.05) is 0 Å². The zero-order valence-electron chi connectivity index (χ0n) is 12.0. The molecule has 0 spiro atoms. The molecule has 0 saturated carbocycles. The molecule has 0 aliphatic rings. The first-order chi connectivity index (χ1) is 10.0. The van der Waals surface area contributed by atoms with Gasteiger partial charge in [0.05, 0.1) is 12.7 Å². The first kappa shape index (κ1) is 15.4. The van der Waals surface area contributed by atoms with Gasteiger partial charge >= 0.3 is 5.97 Å². The highest BCUT2D eigenvalue weighted by Gasteiger charge is 2.26. The quantitative estimate of drug-likeness (QED) is 0.651. The molecule has 0 aliphatic carbocycles. The highest BCUT2D eigenvalue weighted by molar-refractivity contribution is 8.00. The summed E-state index contributed by atoms with van der Waals surface area (Å²) in [6.45, 7) is 3.87. The molecule has 1 aromatic carbocycles. The molecule has 2 rings (SSSR count). The maximum atomic E-state index is 11.7. The number of rotatable bonds is 5. The monoisotopic (exact) mass is 307 g/mol. The zero-order chi connectivity index (χ0) is 15.4. The summed E-state index contributed by atoms with van der Waals surface area (Å²) in [5.41, 5.74) is 0.566. The lowest BCUT2D eigenvalue weighted by Crippen LogP contribution is -2.24. The molecule has 0 saturated heterocycles. The number of phenolic OH excluding ortho intramolecular Hbond substituents is 1. The van der Waals surface area contributed by atoms with Crippen LogP contribution in [0.1, 0.15) is 13.8 Å². The predicted molar refractivity (Wildman–Crippen MR) is 80.0 cm³/mol. The second kappa shape index (κ2) is 6.62. The number of benzene rings is 1. The van der Waals surface area contributed by atoms with Crippen LogP contribution in [0.15, 0.2) is 29.4 Å². The molecule has 6 nitrogen and oxygen atoms in total. The summed E-state index contributed by atoms with van der Waals surface area (Å²) in [7, 11) is 1.36. The lowest BCUT2D eigenvalue weighted by Gasteiger charge is -2.15. The maximum Gasteiger partial charge on any atom is 0.319 e. The second-order valence-electron chi connectivity index (χ2n) is 4.79. The molecule has 0 amide bonds. The van der Waals surface area contributed by atoms with Crippen LogP contribution in [0.5, 0.6) is 5.75 Å². The van der Waals surface area contributed by atoms with Crippen LogP contribution >= 0.6 is 11.8 Å². The van der Waals surface area contributed by atoms with Crippen LogP contribution in [0, 0.1) is 5.92 Å². The van der Waals surface area contributed by atoms with E-state index in [0.29, 0.717) is 16.5 Å². The number of aromatic nitrogens is 3. The topological polar surface area (TPSA) is 88.1 Å². The number of aromatic hydroxyl groups is 1. The number of carbonyl (C=O) groups excluding carboxylic acids is 1. The van der Waals surface area contributed by atoms with Crippen LogP contribution < -0.4 is 0 Å². The van der Waals surface area contributed by atoms with Gasteiger partial charge in [0.1, 0.15) is 11.0 Å². The lowest BCUT2D eigenvalue weighted by molar-refractivity contribution is -0.140. The second-order valence-corrected chi connectivity index (χ2v) is 5.90. The first-order valence-electron chi connectivity index (χ1n) is 6.48. The number of esters is 1. The fourth-order valence-corrected chi connectivity index (χ4v) is 2.71. The number of aromatic amines is 1. The van der Waals surface area contributed by atoms with Crippen molar-refractivity contribution >= 4 is 17.7 Å². The van der Waals surface area contributed by atoms with Crippen molar-refractivity contribution in [3.8, 4) is 17.1 Å². The van der Waals surface area contributed by atoms with E-state index in [4.69, 9.17) is 4.74 Å². The van der Waals surface area contributed by atoms with E-state index in [1.54, 1.807) is 24.3 Å². The van der Waals surface area contributed by atoms with E-state index in [9.17, 15) is 9.90 Å². The number of carbonyl (C=O) groups is 1. The van der Waals surface area contributed by atoms with Crippen molar-refractivity contribution in [2.75, 3.05) is 7.11 Å². The fraction of sp³-hybridized carbons (Fsp3) is 0.357. The number of thioether (sulfide) groups is 1. The van der Waals surface area contributed by atoms with Crippen molar-refractivity contribution in [2.45, 2.75) is 24.3 Å². The molecule has 0 aliphatic heterocycles. The van der Waals surface area contributed by atoms with E-state index in [0.717, 1.165) is 0 Å². The van der Waals surface area contributed by atoms with Gasteiger partial charge in [-0.2, -0.15) is 0 Å². The summed E-state index contributed by atoms with van der Waals surface area (Å²) in [5.74, 6) is 0.375. The van der Waals surface area contributed by atoms with Crippen molar-refractivity contribution in [3.05, 3.63) is 24.3 Å². The van der Waals surface area contributed by atoms with Gasteiger partial charge in [-0.15, -0.1) is 5.10 Å². The van der Waals surface area contributed by atoms with E-state index in [2.05, 4.69) is 15.2 Å². The minimum absolute atomic E-state index is 0.0922. The normalized spacial score (nSPS) is 12.4. The van der Waals surface area contributed by atoms with E-state index >= 15 is 0 Å². The first-order valence-corrected chi connectivity index (χ1v) is 7.36. The van der Waals surface area contributed by atoms with Gasteiger partial charge in [-0.1, -0.05) is 37.7 Å². The summed E-state index contributed by atoms with van der Waals surface area (Å²) in [6, 6.07) is 6.85. The van der Waals surface area contributed by atoms with Gasteiger partial charge in [0.2, 0.25) is 5.16 Å². The zero-order valence-corrected chi connectivity index (χ0v) is 12.8. The molecule has 112 valence electrons. The van der Waals surface area contributed by atoms with Crippen molar-refractivity contribution in [1.29, 1.82) is 0 Å². The minimum Gasteiger partial charge on any atom is -0.507 e. The Labute approximate surface area is 126 Å². The van der Waals surface area contributed by atoms with E-state index < -0.39 is 0 Å². The molecule has 0 bridgehead atoms. The summed E-state index contributed by atoms with van der Waals surface area (Å²) < 4.78 is 4.79. The summed E-state index contributed by atoms with van der Waals surface area (Å²) in [6.07, 6.45) is 0. The smallest absolute Gasteiger partial charge is 0.319 e. The third-order valence-corrected chi connectivity index (χ3v) is 4.28. The molecule has 0 fully saturated rings. The molecule has 21 heavy (non-hydrogen) atoms. The lowest BCUT2D eigenvalue weighted by atomic mass is 10.1. The molecule has 1 atom stereocenters. The number of hydrogen-bond acceptors (Lipinski definition) is 6. The Morgan fingerprint density at radius 3 is 2.71 bits per heavy atom. The largest absolute Gasteiger partial charge is 0.507 e. The summed E-state index contributed by atoms with van der Waals surface area (Å²) in [4.78, 5) is 16.0. The average Bonchev–Trinajstić information content (AvgIpc) is 2.92. The minimum atomic E-state index is -0.372. The Morgan fingerprint density at radius 1 is 1.38 bits per heavy atom. The van der Waals surface area contributed by atoms with Crippen LogP contribution in [0.2, 0.25) is 0 Å². The number of nitrogens with one attached hydrogen (secondary N) is 1. The third-order valence-electron chi connectivity index (χ3n) is 2.90. The van der Waals surface area contributed by atoms with Gasteiger partial charge in [0.15, 0.2) is 5.82 Å². The number of hydrogen-bond donors (Lipinski definition) is 2. The van der Waals surface area contributed by atoms with Gasteiger partial charge in [-0.25, -0.2) is 4.98 Å². The number of ether oxygens (including phenoxy) is 1. The fourth-order valence-electron chi connectivity index (χ4n) is 1.78. The number of nitrogens with zero attached hydrogens (tertiary/aromatic N) is 2. The Bertz CT molecular complexity index is 627.